The topological polar surface area (TPSA) is 140 Å². The maximum Gasteiger partial charge on any atom is 1.00 e. The molecule has 5 atom stereocenters. The van der Waals surface area contributed by atoms with Gasteiger partial charge >= 0.3 is 29.6 Å². The largest absolute Gasteiger partial charge is 1.00 e. The summed E-state index contributed by atoms with van der Waals surface area (Å²) in [5.41, 5.74) is 1.34. The van der Waals surface area contributed by atoms with Crippen LogP contribution in [0.2, 0.25) is 5.02 Å². The quantitative estimate of drug-likeness (QED) is 0.358. The molecule has 0 amide bonds. The molecule has 150 valence electrons. The van der Waals surface area contributed by atoms with E-state index >= 15 is 0 Å². The molecule has 4 N–H and O–H groups in total. The average molecular weight is 433 g/mol. The van der Waals surface area contributed by atoms with Gasteiger partial charge in [0, 0.05) is 5.56 Å². The molecule has 1 saturated heterocycles. The van der Waals surface area contributed by atoms with E-state index in [1.807, 2.05) is 0 Å². The zero-order chi connectivity index (χ0) is 20.4. The first-order valence-electron chi connectivity index (χ1n) is 8.40. The van der Waals surface area contributed by atoms with Crippen molar-refractivity contribution in [3.63, 3.8) is 0 Å². The Balaban J connectivity index is 0.00000300. The van der Waals surface area contributed by atoms with Crippen LogP contribution in [0.25, 0.3) is 11.1 Å². The van der Waals surface area contributed by atoms with E-state index in [0.717, 1.165) is 0 Å². The summed E-state index contributed by atoms with van der Waals surface area (Å²) in [6, 6.07) is 10.6. The van der Waals surface area contributed by atoms with Crippen molar-refractivity contribution in [1.82, 2.24) is 0 Å². The molecule has 1 fully saturated rings. The van der Waals surface area contributed by atoms with Gasteiger partial charge in [-0.05, 0) is 29.3 Å². The number of benzene rings is 2. The molecule has 2 aromatic carbocycles. The molecular weight excluding hydrogens is 415 g/mol. The first-order chi connectivity index (χ1) is 13.3. The number of ether oxygens (including phenoxy) is 2. The van der Waals surface area contributed by atoms with Crippen molar-refractivity contribution in [3.8, 4) is 16.9 Å². The van der Waals surface area contributed by atoms with E-state index in [1.165, 1.54) is 18.2 Å². The van der Waals surface area contributed by atoms with E-state index in [9.17, 15) is 30.3 Å². The van der Waals surface area contributed by atoms with Crippen molar-refractivity contribution >= 4 is 17.6 Å². The van der Waals surface area contributed by atoms with Gasteiger partial charge in [0.2, 0.25) is 6.29 Å². The molecule has 0 spiro atoms. The maximum absolute atomic E-state index is 10.8. The van der Waals surface area contributed by atoms with Gasteiger partial charge in [0.1, 0.15) is 30.2 Å². The van der Waals surface area contributed by atoms with Crippen molar-refractivity contribution in [2.24, 2.45) is 0 Å². The second-order valence-electron chi connectivity index (χ2n) is 6.32. The predicted molar refractivity (Wildman–Crippen MR) is 95.6 cm³/mol. The zero-order valence-corrected chi connectivity index (χ0v) is 18.2. The van der Waals surface area contributed by atoms with E-state index in [0.29, 0.717) is 16.1 Å². The van der Waals surface area contributed by atoms with Crippen LogP contribution in [0.5, 0.6) is 5.75 Å². The van der Waals surface area contributed by atoms with Crippen LogP contribution < -0.4 is 39.4 Å². The number of carboxylic acid groups (broad SMARTS) is 1. The second kappa shape index (κ2) is 10.2. The fourth-order valence-corrected chi connectivity index (χ4v) is 3.17. The van der Waals surface area contributed by atoms with E-state index in [-0.39, 0.29) is 40.9 Å². The number of halogens is 1. The van der Waals surface area contributed by atoms with E-state index in [2.05, 4.69) is 0 Å². The van der Waals surface area contributed by atoms with Gasteiger partial charge in [-0.1, -0.05) is 35.9 Å². The van der Waals surface area contributed by atoms with Crippen LogP contribution in [-0.2, 0) is 4.74 Å². The number of aromatic carboxylic acids is 1. The summed E-state index contributed by atoms with van der Waals surface area (Å²) in [6.45, 7) is -0.563. The van der Waals surface area contributed by atoms with Crippen molar-refractivity contribution in [2.45, 2.75) is 30.7 Å². The van der Waals surface area contributed by atoms with Crippen LogP contribution in [0, 0.1) is 0 Å². The SMILES string of the molecule is O=C([O-])c1ccc(-c2ccc(O[C@H]3O[C@H](CO)[C@@H](O)[C@H](O)[C@@H]3O)cc2Cl)cc1.[Na+]. The first-order valence-corrected chi connectivity index (χ1v) is 8.78. The Morgan fingerprint density at radius 3 is 2.28 bits per heavy atom. The molecule has 0 aromatic heterocycles. The molecule has 1 aliphatic rings. The normalized spacial score (nSPS) is 26.4. The number of aliphatic hydroxyl groups excluding tert-OH is 4. The number of rotatable bonds is 5. The van der Waals surface area contributed by atoms with Crippen LogP contribution in [0.1, 0.15) is 10.4 Å². The third-order valence-electron chi connectivity index (χ3n) is 4.47. The van der Waals surface area contributed by atoms with E-state index in [1.54, 1.807) is 24.3 Å². The molecular formula is C19H18ClNaO8. The van der Waals surface area contributed by atoms with Gasteiger partial charge in [0.05, 0.1) is 17.6 Å². The van der Waals surface area contributed by atoms with Crippen LogP contribution in [0.3, 0.4) is 0 Å². The molecule has 0 bridgehead atoms. The van der Waals surface area contributed by atoms with Crippen LogP contribution >= 0.6 is 11.6 Å². The molecule has 10 heteroatoms. The number of hydrogen-bond acceptors (Lipinski definition) is 8. The van der Waals surface area contributed by atoms with Crippen LogP contribution in [-0.4, -0.2) is 63.7 Å². The molecule has 0 unspecified atom stereocenters. The molecule has 1 heterocycles. The van der Waals surface area contributed by atoms with Crippen molar-refractivity contribution in [2.75, 3.05) is 6.61 Å². The summed E-state index contributed by atoms with van der Waals surface area (Å²) in [5.74, 6) is -1.05. The minimum Gasteiger partial charge on any atom is -0.545 e. The van der Waals surface area contributed by atoms with Crippen molar-refractivity contribution < 1.29 is 69.4 Å². The van der Waals surface area contributed by atoms with Crippen molar-refractivity contribution in [3.05, 3.63) is 53.1 Å². The summed E-state index contributed by atoms with van der Waals surface area (Å²) in [6.07, 6.45) is -6.96. The third kappa shape index (κ3) is 5.29. The summed E-state index contributed by atoms with van der Waals surface area (Å²) in [5, 5.41) is 50.0. The molecule has 3 rings (SSSR count). The Hall–Kier alpha value is -1.20. The number of carbonyl (C=O) groups excluding carboxylic acids is 1. The minimum atomic E-state index is -1.55. The Morgan fingerprint density at radius 2 is 1.72 bits per heavy atom. The molecule has 1 aliphatic heterocycles. The summed E-state index contributed by atoms with van der Waals surface area (Å²) in [4.78, 5) is 10.8. The fourth-order valence-electron chi connectivity index (χ4n) is 2.89. The Morgan fingerprint density at radius 1 is 1.07 bits per heavy atom. The number of carbonyl (C=O) groups is 1. The third-order valence-corrected chi connectivity index (χ3v) is 4.79. The predicted octanol–water partition coefficient (Wildman–Crippen LogP) is -3.45. The maximum atomic E-state index is 10.8. The molecule has 0 aliphatic carbocycles. The Labute approximate surface area is 193 Å². The van der Waals surface area contributed by atoms with Crippen LogP contribution in [0.15, 0.2) is 42.5 Å². The summed E-state index contributed by atoms with van der Waals surface area (Å²) < 4.78 is 10.8. The zero-order valence-electron chi connectivity index (χ0n) is 15.4. The van der Waals surface area contributed by atoms with Gasteiger partial charge in [0.15, 0.2) is 0 Å². The number of carboxylic acids is 1. The van der Waals surface area contributed by atoms with Gasteiger partial charge < -0.3 is 39.8 Å². The summed E-state index contributed by atoms with van der Waals surface area (Å²) in [7, 11) is 0. The van der Waals surface area contributed by atoms with E-state index < -0.39 is 43.3 Å². The van der Waals surface area contributed by atoms with Gasteiger partial charge in [-0.2, -0.15) is 0 Å². The van der Waals surface area contributed by atoms with Gasteiger partial charge in [-0.3, -0.25) is 0 Å². The fraction of sp³-hybridized carbons (Fsp3) is 0.316. The standard InChI is InChI=1S/C19H19ClO8.Na/c20-13-7-11(27-19-17(24)16(23)15(22)14(8-21)28-19)5-6-12(13)9-1-3-10(4-2-9)18(25)26;/h1-7,14-17,19,21-24H,8H2,(H,25,26);/q;+1/p-1/t14-,15-,16+,17+,19+;/m1./s1. The average Bonchev–Trinajstić information content (AvgIpc) is 2.68. The first kappa shape index (κ1) is 24.1. The van der Waals surface area contributed by atoms with Crippen molar-refractivity contribution in [1.29, 1.82) is 0 Å². The second-order valence-corrected chi connectivity index (χ2v) is 6.73. The number of hydrogen-bond donors (Lipinski definition) is 4. The minimum absolute atomic E-state index is 0. The van der Waals surface area contributed by atoms with E-state index in [4.69, 9.17) is 21.1 Å². The Kier molecular flexibility index (Phi) is 8.48. The van der Waals surface area contributed by atoms with Gasteiger partial charge in [-0.25, -0.2) is 0 Å². The van der Waals surface area contributed by atoms with Gasteiger partial charge in [0.25, 0.3) is 0 Å². The molecule has 0 radical (unpaired) electrons. The molecule has 0 saturated carbocycles. The molecule has 2 aromatic rings. The smallest absolute Gasteiger partial charge is 0.545 e. The van der Waals surface area contributed by atoms with Gasteiger partial charge in [-0.15, -0.1) is 0 Å². The molecule has 8 nitrogen and oxygen atoms in total. The monoisotopic (exact) mass is 432 g/mol. The number of aliphatic hydroxyl groups is 4. The Bertz CT molecular complexity index is 845. The summed E-state index contributed by atoms with van der Waals surface area (Å²) >= 11 is 6.29. The molecule has 29 heavy (non-hydrogen) atoms. The van der Waals surface area contributed by atoms with Crippen LogP contribution in [0.4, 0.5) is 0 Å².